The molecule has 0 bridgehead atoms. The summed E-state index contributed by atoms with van der Waals surface area (Å²) >= 11 is 5.79. The van der Waals surface area contributed by atoms with E-state index < -0.39 is 5.60 Å². The first-order chi connectivity index (χ1) is 9.83. The molecule has 1 aliphatic heterocycles. The van der Waals surface area contributed by atoms with Crippen LogP contribution in [-0.2, 0) is 4.74 Å². The second kappa shape index (κ2) is 6.52. The van der Waals surface area contributed by atoms with E-state index in [0.717, 1.165) is 31.6 Å². The first kappa shape index (κ1) is 15.9. The summed E-state index contributed by atoms with van der Waals surface area (Å²) in [7, 11) is 0. The number of nitrogens with one attached hydrogen (secondary N) is 1. The van der Waals surface area contributed by atoms with Gasteiger partial charge in [-0.05, 0) is 45.7 Å². The summed E-state index contributed by atoms with van der Waals surface area (Å²) in [6.45, 7) is 7.35. The zero-order valence-electron chi connectivity index (χ0n) is 12.7. The summed E-state index contributed by atoms with van der Waals surface area (Å²) < 4.78 is 5.28. The van der Waals surface area contributed by atoms with E-state index in [2.05, 4.69) is 15.2 Å². The number of hydrogen-bond acceptors (Lipinski definition) is 4. The van der Waals surface area contributed by atoms with Crippen LogP contribution in [0.25, 0.3) is 0 Å². The lowest BCUT2D eigenvalue weighted by Crippen LogP contribution is -2.46. The van der Waals surface area contributed by atoms with Gasteiger partial charge < -0.3 is 15.0 Å². The number of hydrogen-bond donors (Lipinski definition) is 1. The van der Waals surface area contributed by atoms with Crippen LogP contribution in [0.5, 0.6) is 0 Å². The highest BCUT2D eigenvalue weighted by atomic mass is 35.5. The maximum absolute atomic E-state index is 11.7. The van der Waals surface area contributed by atoms with Gasteiger partial charge in [-0.1, -0.05) is 11.6 Å². The third-order valence-corrected chi connectivity index (χ3v) is 3.52. The fourth-order valence-electron chi connectivity index (χ4n) is 2.31. The number of nitrogens with zero attached hydrogens (tertiary/aromatic N) is 2. The first-order valence-electron chi connectivity index (χ1n) is 7.19. The maximum Gasteiger partial charge on any atom is 0.407 e. The second-order valence-electron chi connectivity index (χ2n) is 6.25. The molecule has 2 rings (SSSR count). The van der Waals surface area contributed by atoms with Crippen molar-refractivity contribution in [3.05, 3.63) is 23.5 Å². The topological polar surface area (TPSA) is 54.5 Å². The van der Waals surface area contributed by atoms with Crippen LogP contribution in [-0.4, -0.2) is 35.8 Å². The van der Waals surface area contributed by atoms with Gasteiger partial charge in [0.2, 0.25) is 0 Å². The van der Waals surface area contributed by atoms with Crippen LogP contribution < -0.4 is 10.2 Å². The minimum atomic E-state index is -0.459. The number of halogens is 1. The maximum atomic E-state index is 11.7. The largest absolute Gasteiger partial charge is 0.444 e. The van der Waals surface area contributed by atoms with E-state index in [1.807, 2.05) is 26.8 Å². The van der Waals surface area contributed by atoms with Gasteiger partial charge in [0.15, 0.2) is 0 Å². The van der Waals surface area contributed by atoms with Gasteiger partial charge in [0.25, 0.3) is 0 Å². The van der Waals surface area contributed by atoms with Crippen LogP contribution in [0.3, 0.4) is 0 Å². The highest BCUT2D eigenvalue weighted by molar-refractivity contribution is 6.29. The summed E-state index contributed by atoms with van der Waals surface area (Å²) in [4.78, 5) is 18.1. The van der Waals surface area contributed by atoms with Crippen molar-refractivity contribution in [2.24, 2.45) is 0 Å². The van der Waals surface area contributed by atoms with Gasteiger partial charge >= 0.3 is 6.09 Å². The van der Waals surface area contributed by atoms with Crippen LogP contribution in [0, 0.1) is 0 Å². The van der Waals surface area contributed by atoms with Crippen LogP contribution in [0.2, 0.25) is 5.15 Å². The molecule has 1 aromatic heterocycles. The highest BCUT2D eigenvalue weighted by Crippen LogP contribution is 2.20. The van der Waals surface area contributed by atoms with Gasteiger partial charge in [-0.3, -0.25) is 0 Å². The Hall–Kier alpha value is -1.49. The Bertz CT molecular complexity index is 477. The molecular formula is C15H22ClN3O2. The molecular weight excluding hydrogens is 290 g/mol. The van der Waals surface area contributed by atoms with Gasteiger partial charge in [-0.15, -0.1) is 0 Å². The van der Waals surface area contributed by atoms with Crippen LogP contribution in [0.15, 0.2) is 18.3 Å². The van der Waals surface area contributed by atoms with E-state index in [9.17, 15) is 4.79 Å². The average Bonchev–Trinajstić information content (AvgIpc) is 2.38. The minimum Gasteiger partial charge on any atom is -0.444 e. The molecule has 0 atom stereocenters. The Morgan fingerprint density at radius 3 is 2.57 bits per heavy atom. The van der Waals surface area contributed by atoms with Gasteiger partial charge in [0.05, 0.1) is 11.9 Å². The quantitative estimate of drug-likeness (QED) is 0.852. The molecule has 6 heteroatoms. The Kier molecular flexibility index (Phi) is 4.93. The number of carbonyl (C=O) groups excluding carboxylic acids is 1. The molecule has 0 aliphatic carbocycles. The van der Waals surface area contributed by atoms with Crippen molar-refractivity contribution in [2.45, 2.75) is 45.3 Å². The zero-order valence-corrected chi connectivity index (χ0v) is 13.5. The fourth-order valence-corrected chi connectivity index (χ4v) is 2.42. The van der Waals surface area contributed by atoms with E-state index >= 15 is 0 Å². The van der Waals surface area contributed by atoms with Gasteiger partial charge in [0, 0.05) is 19.1 Å². The number of alkyl carbamates (subject to hydrolysis) is 1. The number of ether oxygens (including phenoxy) is 1. The zero-order chi connectivity index (χ0) is 15.5. The van der Waals surface area contributed by atoms with Crippen LogP contribution in [0.4, 0.5) is 10.5 Å². The van der Waals surface area contributed by atoms with Gasteiger partial charge in [-0.25, -0.2) is 9.78 Å². The van der Waals surface area contributed by atoms with Crippen LogP contribution in [0.1, 0.15) is 33.6 Å². The molecule has 5 nitrogen and oxygen atoms in total. The summed E-state index contributed by atoms with van der Waals surface area (Å²) in [6.07, 6.45) is 3.22. The SMILES string of the molecule is CC(C)(C)OC(=O)NC1CCN(c2ccc(Cl)nc2)CC1. The molecule has 0 spiro atoms. The normalized spacial score (nSPS) is 16.7. The monoisotopic (exact) mass is 311 g/mol. The Morgan fingerprint density at radius 1 is 1.38 bits per heavy atom. The van der Waals surface area contributed by atoms with E-state index in [-0.39, 0.29) is 12.1 Å². The summed E-state index contributed by atoms with van der Waals surface area (Å²) in [5.41, 5.74) is 0.606. The summed E-state index contributed by atoms with van der Waals surface area (Å²) in [5.74, 6) is 0. The van der Waals surface area contributed by atoms with E-state index in [4.69, 9.17) is 16.3 Å². The predicted molar refractivity (Wildman–Crippen MR) is 83.9 cm³/mol. The van der Waals surface area contributed by atoms with Crippen molar-refractivity contribution >= 4 is 23.4 Å². The average molecular weight is 312 g/mol. The van der Waals surface area contributed by atoms with Crippen molar-refractivity contribution in [2.75, 3.05) is 18.0 Å². The van der Waals surface area contributed by atoms with Gasteiger partial charge in [0.1, 0.15) is 10.8 Å². The predicted octanol–water partition coefficient (Wildman–Crippen LogP) is 3.23. The Labute approximate surface area is 130 Å². The fraction of sp³-hybridized carbons (Fsp3) is 0.600. The third-order valence-electron chi connectivity index (χ3n) is 3.29. The summed E-state index contributed by atoms with van der Waals surface area (Å²) in [5, 5.41) is 3.43. The summed E-state index contributed by atoms with van der Waals surface area (Å²) in [6, 6.07) is 3.93. The van der Waals surface area contributed by atoms with Crippen molar-refractivity contribution in [1.29, 1.82) is 0 Å². The van der Waals surface area contributed by atoms with E-state index in [0.29, 0.717) is 5.15 Å². The molecule has 0 radical (unpaired) electrons. The van der Waals surface area contributed by atoms with Crippen molar-refractivity contribution in [1.82, 2.24) is 10.3 Å². The van der Waals surface area contributed by atoms with Crippen molar-refractivity contribution < 1.29 is 9.53 Å². The van der Waals surface area contributed by atoms with Crippen molar-refractivity contribution in [3.63, 3.8) is 0 Å². The lowest BCUT2D eigenvalue weighted by molar-refractivity contribution is 0.0497. The molecule has 116 valence electrons. The van der Waals surface area contributed by atoms with Gasteiger partial charge in [-0.2, -0.15) is 0 Å². The number of aromatic nitrogens is 1. The molecule has 21 heavy (non-hydrogen) atoms. The second-order valence-corrected chi connectivity index (χ2v) is 6.63. The molecule has 1 fully saturated rings. The lowest BCUT2D eigenvalue weighted by atomic mass is 10.0. The molecule has 1 amide bonds. The molecule has 2 heterocycles. The smallest absolute Gasteiger partial charge is 0.407 e. The molecule has 0 aromatic carbocycles. The van der Waals surface area contributed by atoms with E-state index in [1.165, 1.54) is 0 Å². The number of anilines is 1. The first-order valence-corrected chi connectivity index (χ1v) is 7.57. The molecule has 1 aromatic rings. The standard InChI is InChI=1S/C15H22ClN3O2/c1-15(2,3)21-14(20)18-11-6-8-19(9-7-11)12-4-5-13(16)17-10-12/h4-5,10-11H,6-9H2,1-3H3,(H,18,20). The van der Waals surface area contributed by atoms with E-state index in [1.54, 1.807) is 12.3 Å². The molecule has 0 saturated carbocycles. The lowest BCUT2D eigenvalue weighted by Gasteiger charge is -2.34. The number of piperidine rings is 1. The molecule has 0 unspecified atom stereocenters. The molecule has 1 aliphatic rings. The Balaban J connectivity index is 1.80. The van der Waals surface area contributed by atoms with Crippen molar-refractivity contribution in [3.8, 4) is 0 Å². The number of pyridine rings is 1. The number of carbonyl (C=O) groups is 1. The third kappa shape index (κ3) is 5.08. The molecule has 1 N–H and O–H groups in total. The molecule has 1 saturated heterocycles. The number of rotatable bonds is 2. The minimum absolute atomic E-state index is 0.163. The Morgan fingerprint density at radius 2 is 2.05 bits per heavy atom. The highest BCUT2D eigenvalue weighted by Gasteiger charge is 2.23. The number of amides is 1. The van der Waals surface area contributed by atoms with Crippen LogP contribution >= 0.6 is 11.6 Å².